The van der Waals surface area contributed by atoms with Crippen molar-refractivity contribution in [3.63, 3.8) is 0 Å². The van der Waals surface area contributed by atoms with Gasteiger partial charge in [-0.15, -0.1) is 12.4 Å². The van der Waals surface area contributed by atoms with Gasteiger partial charge in [-0.3, -0.25) is 4.90 Å². The number of alkyl halides is 3. The number of nitrogens with zero attached hydrogens (tertiary/aromatic N) is 1. The third-order valence-electron chi connectivity index (χ3n) is 4.18. The average Bonchev–Trinajstić information content (AvgIpc) is 2.52. The van der Waals surface area contributed by atoms with Crippen LogP contribution in [0.3, 0.4) is 0 Å². The Labute approximate surface area is 140 Å². The van der Waals surface area contributed by atoms with E-state index < -0.39 is 18.6 Å². The van der Waals surface area contributed by atoms with Crippen molar-refractivity contribution in [2.45, 2.75) is 18.6 Å². The van der Waals surface area contributed by atoms with Crippen LogP contribution in [0.25, 0.3) is 10.8 Å². The summed E-state index contributed by atoms with van der Waals surface area (Å²) in [5, 5.41) is 5.23. The maximum Gasteiger partial charge on any atom is 0.390 e. The topological polar surface area (TPSA) is 15.3 Å². The van der Waals surface area contributed by atoms with E-state index in [-0.39, 0.29) is 12.4 Å². The van der Waals surface area contributed by atoms with Gasteiger partial charge in [0, 0.05) is 32.2 Å². The summed E-state index contributed by atoms with van der Waals surface area (Å²) in [7, 11) is 0. The molecule has 2 nitrogen and oxygen atoms in total. The van der Waals surface area contributed by atoms with Gasteiger partial charge in [-0.1, -0.05) is 36.4 Å². The Balaban J connectivity index is 0.00000192. The molecule has 6 heteroatoms. The molecular formula is C17H20ClF3N2. The number of halogens is 4. The number of piperazine rings is 1. The number of nitrogens with one attached hydrogen (secondary N) is 1. The molecule has 126 valence electrons. The van der Waals surface area contributed by atoms with Crippen LogP contribution >= 0.6 is 12.4 Å². The number of hydrogen-bond donors (Lipinski definition) is 1. The first-order valence-corrected chi connectivity index (χ1v) is 7.53. The van der Waals surface area contributed by atoms with Crippen LogP contribution in [0.1, 0.15) is 18.0 Å². The van der Waals surface area contributed by atoms with Crippen LogP contribution in [-0.4, -0.2) is 37.3 Å². The molecule has 3 rings (SSSR count). The molecular weight excluding hydrogens is 325 g/mol. The van der Waals surface area contributed by atoms with Crippen molar-refractivity contribution in [1.29, 1.82) is 0 Å². The quantitative estimate of drug-likeness (QED) is 0.899. The van der Waals surface area contributed by atoms with Gasteiger partial charge >= 0.3 is 6.18 Å². The van der Waals surface area contributed by atoms with Crippen LogP contribution in [0, 0.1) is 0 Å². The van der Waals surface area contributed by atoms with Crippen LogP contribution in [-0.2, 0) is 0 Å². The molecule has 0 aromatic heterocycles. The molecule has 2 aromatic carbocycles. The number of hydrogen-bond acceptors (Lipinski definition) is 2. The minimum Gasteiger partial charge on any atom is -0.314 e. The SMILES string of the molecule is Cl.FC(F)(F)C[C@H](c1ccc2ccccc2c1)N1CCNCC1. The molecule has 0 amide bonds. The third-order valence-corrected chi connectivity index (χ3v) is 4.18. The van der Waals surface area contributed by atoms with Crippen molar-refractivity contribution in [2.24, 2.45) is 0 Å². The lowest BCUT2D eigenvalue weighted by Crippen LogP contribution is -2.46. The highest BCUT2D eigenvalue weighted by atomic mass is 35.5. The molecule has 0 bridgehead atoms. The molecule has 1 saturated heterocycles. The summed E-state index contributed by atoms with van der Waals surface area (Å²) < 4.78 is 39.1. The lowest BCUT2D eigenvalue weighted by Gasteiger charge is -2.35. The first-order chi connectivity index (χ1) is 10.5. The van der Waals surface area contributed by atoms with Gasteiger partial charge in [0.1, 0.15) is 0 Å². The van der Waals surface area contributed by atoms with E-state index in [0.717, 1.165) is 29.4 Å². The van der Waals surface area contributed by atoms with E-state index >= 15 is 0 Å². The van der Waals surface area contributed by atoms with Gasteiger partial charge in [-0.2, -0.15) is 13.2 Å². The van der Waals surface area contributed by atoms with E-state index in [1.807, 2.05) is 47.4 Å². The zero-order valence-corrected chi connectivity index (χ0v) is 13.5. The van der Waals surface area contributed by atoms with Crippen molar-refractivity contribution in [3.05, 3.63) is 48.0 Å². The van der Waals surface area contributed by atoms with Gasteiger partial charge in [-0.05, 0) is 22.4 Å². The third kappa shape index (κ3) is 4.59. The molecule has 0 unspecified atom stereocenters. The van der Waals surface area contributed by atoms with E-state index in [1.165, 1.54) is 0 Å². The van der Waals surface area contributed by atoms with Crippen LogP contribution in [0.5, 0.6) is 0 Å². The Morgan fingerprint density at radius 3 is 2.30 bits per heavy atom. The second-order valence-electron chi connectivity index (χ2n) is 5.73. The van der Waals surface area contributed by atoms with Gasteiger partial charge in [0.2, 0.25) is 0 Å². The molecule has 0 radical (unpaired) electrons. The Kier molecular flexibility index (Phi) is 5.89. The summed E-state index contributed by atoms with van der Waals surface area (Å²) in [6.45, 7) is 2.77. The molecule has 1 aliphatic heterocycles. The van der Waals surface area contributed by atoms with Crippen molar-refractivity contribution in [2.75, 3.05) is 26.2 Å². The predicted octanol–water partition coefficient (Wildman–Crippen LogP) is 4.16. The fourth-order valence-corrected chi connectivity index (χ4v) is 3.09. The van der Waals surface area contributed by atoms with E-state index in [2.05, 4.69) is 5.32 Å². The highest BCUT2D eigenvalue weighted by Gasteiger charge is 2.35. The molecule has 0 aliphatic carbocycles. The molecule has 0 saturated carbocycles. The first kappa shape index (κ1) is 18.0. The van der Waals surface area contributed by atoms with Crippen LogP contribution < -0.4 is 5.32 Å². The summed E-state index contributed by atoms with van der Waals surface area (Å²) in [5.74, 6) is 0. The fourth-order valence-electron chi connectivity index (χ4n) is 3.09. The zero-order chi connectivity index (χ0) is 15.6. The van der Waals surface area contributed by atoms with Crippen LogP contribution in [0.4, 0.5) is 13.2 Å². The molecule has 0 spiro atoms. The Hall–Kier alpha value is -1.30. The average molecular weight is 345 g/mol. The number of fused-ring (bicyclic) bond motifs is 1. The molecule has 23 heavy (non-hydrogen) atoms. The van der Waals surface area contributed by atoms with Gasteiger partial charge in [-0.25, -0.2) is 0 Å². The van der Waals surface area contributed by atoms with Crippen molar-refractivity contribution >= 4 is 23.2 Å². The monoisotopic (exact) mass is 344 g/mol. The minimum atomic E-state index is -4.17. The number of benzene rings is 2. The largest absolute Gasteiger partial charge is 0.390 e. The fraction of sp³-hybridized carbons (Fsp3) is 0.412. The van der Waals surface area contributed by atoms with Gasteiger partial charge < -0.3 is 5.32 Å². The summed E-state index contributed by atoms with van der Waals surface area (Å²) in [6, 6.07) is 12.8. The van der Waals surface area contributed by atoms with Crippen molar-refractivity contribution in [3.8, 4) is 0 Å². The minimum absolute atomic E-state index is 0. The Morgan fingerprint density at radius 1 is 1.00 bits per heavy atom. The molecule has 1 heterocycles. The van der Waals surface area contributed by atoms with E-state index in [1.54, 1.807) is 0 Å². The van der Waals surface area contributed by atoms with Crippen LogP contribution in [0.2, 0.25) is 0 Å². The maximum absolute atomic E-state index is 13.0. The lowest BCUT2D eigenvalue weighted by atomic mass is 9.97. The smallest absolute Gasteiger partial charge is 0.314 e. The van der Waals surface area contributed by atoms with E-state index in [9.17, 15) is 13.2 Å². The molecule has 1 N–H and O–H groups in total. The van der Waals surface area contributed by atoms with Gasteiger partial charge in [0.15, 0.2) is 0 Å². The highest BCUT2D eigenvalue weighted by molar-refractivity contribution is 5.85. The van der Waals surface area contributed by atoms with E-state index in [0.29, 0.717) is 13.1 Å². The summed E-state index contributed by atoms with van der Waals surface area (Å²) in [4.78, 5) is 1.94. The molecule has 1 aliphatic rings. The summed E-state index contributed by atoms with van der Waals surface area (Å²) >= 11 is 0. The van der Waals surface area contributed by atoms with Crippen LogP contribution in [0.15, 0.2) is 42.5 Å². The Bertz CT molecular complexity index is 639. The zero-order valence-electron chi connectivity index (χ0n) is 12.6. The maximum atomic E-state index is 13.0. The van der Waals surface area contributed by atoms with Crippen molar-refractivity contribution in [1.82, 2.24) is 10.2 Å². The molecule has 1 atom stereocenters. The van der Waals surface area contributed by atoms with Gasteiger partial charge in [0.05, 0.1) is 6.42 Å². The lowest BCUT2D eigenvalue weighted by molar-refractivity contribution is -0.148. The number of rotatable bonds is 3. The normalized spacial score (nSPS) is 17.7. The molecule has 1 fully saturated rings. The highest BCUT2D eigenvalue weighted by Crippen LogP contribution is 2.35. The van der Waals surface area contributed by atoms with E-state index in [4.69, 9.17) is 0 Å². The second-order valence-corrected chi connectivity index (χ2v) is 5.73. The standard InChI is InChI=1S/C17H19F3N2.ClH/c18-17(19,20)12-16(22-9-7-21-8-10-22)15-6-5-13-3-1-2-4-14(13)11-15;/h1-6,11,16,21H,7-10,12H2;1H/t16-;/m1./s1. The molecule has 2 aromatic rings. The predicted molar refractivity (Wildman–Crippen MR) is 89.1 cm³/mol. The summed E-state index contributed by atoms with van der Waals surface area (Å²) in [5.41, 5.74) is 0.748. The Morgan fingerprint density at radius 2 is 1.65 bits per heavy atom. The summed E-state index contributed by atoms with van der Waals surface area (Å²) in [6.07, 6.45) is -4.97. The second kappa shape index (κ2) is 7.51. The van der Waals surface area contributed by atoms with Crippen molar-refractivity contribution < 1.29 is 13.2 Å². The van der Waals surface area contributed by atoms with Gasteiger partial charge in [0.25, 0.3) is 0 Å². The first-order valence-electron chi connectivity index (χ1n) is 7.53.